The lowest BCUT2D eigenvalue weighted by atomic mass is 9.94. The van der Waals surface area contributed by atoms with Gasteiger partial charge >= 0.3 is 0 Å². The van der Waals surface area contributed by atoms with Gasteiger partial charge in [0.15, 0.2) is 0 Å². The van der Waals surface area contributed by atoms with E-state index in [0.29, 0.717) is 37.5 Å². The summed E-state index contributed by atoms with van der Waals surface area (Å²) in [6.07, 6.45) is 4.79. The first-order valence-electron chi connectivity index (χ1n) is 10.0. The van der Waals surface area contributed by atoms with E-state index in [1.54, 1.807) is 12.3 Å². The molecule has 0 unspecified atom stereocenters. The number of hydrogen-bond donors (Lipinski definition) is 1. The zero-order valence-electron chi connectivity index (χ0n) is 16.5. The van der Waals surface area contributed by atoms with Crippen molar-refractivity contribution in [3.63, 3.8) is 0 Å². The molecule has 1 N–H and O–H groups in total. The van der Waals surface area contributed by atoms with Gasteiger partial charge in [0.05, 0.1) is 5.69 Å². The molecule has 0 aliphatic carbocycles. The number of aromatic amines is 1. The van der Waals surface area contributed by atoms with E-state index >= 15 is 0 Å². The summed E-state index contributed by atoms with van der Waals surface area (Å²) in [5.41, 5.74) is 3.64. The molecule has 0 aromatic carbocycles. The number of carbonyl (C=O) groups is 2. The van der Waals surface area contributed by atoms with Gasteiger partial charge in [-0.05, 0) is 50.3 Å². The average molecular weight is 381 g/mol. The molecule has 5 heterocycles. The molecule has 148 valence electrons. The van der Waals surface area contributed by atoms with Crippen molar-refractivity contribution in [3.8, 4) is 0 Å². The fourth-order valence-corrected chi connectivity index (χ4v) is 4.35. The predicted molar refractivity (Wildman–Crippen MR) is 105 cm³/mol. The highest BCUT2D eigenvalue weighted by Gasteiger charge is 2.38. The van der Waals surface area contributed by atoms with Gasteiger partial charge in [-0.15, -0.1) is 0 Å². The fraction of sp³-hybridized carbons (Fsp3) is 0.524. The van der Waals surface area contributed by atoms with Gasteiger partial charge in [0.25, 0.3) is 5.91 Å². The number of aromatic nitrogens is 3. The van der Waals surface area contributed by atoms with E-state index < -0.39 is 0 Å². The van der Waals surface area contributed by atoms with E-state index in [1.807, 2.05) is 35.8 Å². The minimum Gasteiger partial charge on any atom is -0.338 e. The zero-order valence-corrected chi connectivity index (χ0v) is 16.5. The Morgan fingerprint density at radius 3 is 2.75 bits per heavy atom. The number of aryl methyl sites for hydroxylation is 2. The molecule has 5 rings (SSSR count). The van der Waals surface area contributed by atoms with E-state index in [1.165, 1.54) is 0 Å². The number of amides is 2. The molecule has 0 spiro atoms. The van der Waals surface area contributed by atoms with Crippen LogP contribution in [0, 0.1) is 19.8 Å². The molecule has 3 fully saturated rings. The van der Waals surface area contributed by atoms with Crippen LogP contribution in [0.3, 0.4) is 0 Å². The maximum Gasteiger partial charge on any atom is 0.272 e. The van der Waals surface area contributed by atoms with Crippen molar-refractivity contribution in [2.45, 2.75) is 45.6 Å². The average Bonchev–Trinajstić information content (AvgIpc) is 2.90. The predicted octanol–water partition coefficient (Wildman–Crippen LogP) is 2.12. The summed E-state index contributed by atoms with van der Waals surface area (Å²) in [4.78, 5) is 33.9. The van der Waals surface area contributed by atoms with Gasteiger partial charge < -0.3 is 9.80 Å². The minimum atomic E-state index is -0.0329. The molecule has 7 heteroatoms. The Labute approximate surface area is 165 Å². The Morgan fingerprint density at radius 1 is 1.18 bits per heavy atom. The second-order valence-electron chi connectivity index (χ2n) is 7.99. The highest BCUT2D eigenvalue weighted by atomic mass is 16.2. The normalized spacial score (nSPS) is 21.6. The van der Waals surface area contributed by atoms with E-state index in [2.05, 4.69) is 15.2 Å². The van der Waals surface area contributed by atoms with E-state index in [9.17, 15) is 9.59 Å². The topological polar surface area (TPSA) is 82.2 Å². The van der Waals surface area contributed by atoms with Crippen LogP contribution in [-0.2, 0) is 11.2 Å². The molecule has 2 atom stereocenters. The third-order valence-electron chi connectivity index (χ3n) is 6.13. The number of carbonyl (C=O) groups excluding carboxylic acids is 2. The van der Waals surface area contributed by atoms with Crippen molar-refractivity contribution in [1.82, 2.24) is 25.0 Å². The number of pyridine rings is 1. The highest BCUT2D eigenvalue weighted by Crippen LogP contribution is 2.29. The molecule has 0 saturated carbocycles. The van der Waals surface area contributed by atoms with Crippen LogP contribution in [0.2, 0.25) is 0 Å². The third kappa shape index (κ3) is 3.66. The number of hydrogen-bond acceptors (Lipinski definition) is 4. The number of nitrogens with one attached hydrogen (secondary N) is 1. The van der Waals surface area contributed by atoms with Crippen molar-refractivity contribution >= 4 is 11.8 Å². The molecule has 3 aliphatic heterocycles. The Balaban J connectivity index is 1.42. The van der Waals surface area contributed by atoms with Crippen LogP contribution >= 0.6 is 0 Å². The summed E-state index contributed by atoms with van der Waals surface area (Å²) in [5, 5.41) is 7.30. The summed E-state index contributed by atoms with van der Waals surface area (Å²) in [6, 6.07) is 5.50. The molecular weight excluding hydrogens is 354 g/mol. The maximum absolute atomic E-state index is 13.0. The molecule has 2 aromatic rings. The van der Waals surface area contributed by atoms with Gasteiger partial charge in [-0.2, -0.15) is 5.10 Å². The van der Waals surface area contributed by atoms with Gasteiger partial charge in [0.1, 0.15) is 5.69 Å². The van der Waals surface area contributed by atoms with Crippen LogP contribution in [0.5, 0.6) is 0 Å². The van der Waals surface area contributed by atoms with Crippen LogP contribution in [0.15, 0.2) is 24.4 Å². The lowest BCUT2D eigenvalue weighted by molar-refractivity contribution is -0.135. The molecule has 0 radical (unpaired) electrons. The first-order valence-corrected chi connectivity index (χ1v) is 10.0. The summed E-state index contributed by atoms with van der Waals surface area (Å²) in [6.45, 7) is 6.07. The molecule has 3 aliphatic rings. The zero-order chi connectivity index (χ0) is 19.7. The molecule has 2 amide bonds. The van der Waals surface area contributed by atoms with Crippen molar-refractivity contribution in [3.05, 3.63) is 47.0 Å². The maximum atomic E-state index is 13.0. The van der Waals surface area contributed by atoms with Gasteiger partial charge in [-0.3, -0.25) is 19.7 Å². The molecule has 28 heavy (non-hydrogen) atoms. The van der Waals surface area contributed by atoms with E-state index in [0.717, 1.165) is 36.3 Å². The minimum absolute atomic E-state index is 0.0329. The molecule has 2 bridgehead atoms. The fourth-order valence-electron chi connectivity index (χ4n) is 4.35. The number of fused-ring (bicyclic) bond motifs is 4. The smallest absolute Gasteiger partial charge is 0.272 e. The van der Waals surface area contributed by atoms with Gasteiger partial charge in [-0.1, -0.05) is 6.07 Å². The lowest BCUT2D eigenvalue weighted by Gasteiger charge is -2.36. The number of piperidine rings is 1. The second-order valence-corrected chi connectivity index (χ2v) is 7.99. The summed E-state index contributed by atoms with van der Waals surface area (Å²) in [7, 11) is 0. The Kier molecular flexibility index (Phi) is 5.15. The highest BCUT2D eigenvalue weighted by molar-refractivity contribution is 5.92. The van der Waals surface area contributed by atoms with Crippen LogP contribution in [0.1, 0.15) is 46.7 Å². The third-order valence-corrected chi connectivity index (χ3v) is 6.13. The second kappa shape index (κ2) is 7.73. The Hall–Kier alpha value is -2.70. The monoisotopic (exact) mass is 381 g/mol. The lowest BCUT2D eigenvalue weighted by Crippen LogP contribution is -2.47. The molecular formula is C21H27N5O2. The van der Waals surface area contributed by atoms with Gasteiger partial charge in [0.2, 0.25) is 5.91 Å². The Bertz CT molecular complexity index is 863. The van der Waals surface area contributed by atoms with Crippen LogP contribution in [-0.4, -0.2) is 62.5 Å². The number of H-pyrrole nitrogens is 1. The van der Waals surface area contributed by atoms with Crippen LogP contribution in [0.25, 0.3) is 0 Å². The quantitative estimate of drug-likeness (QED) is 0.879. The number of nitrogens with zero attached hydrogens (tertiary/aromatic N) is 4. The van der Waals surface area contributed by atoms with Gasteiger partial charge in [-0.25, -0.2) is 0 Å². The largest absolute Gasteiger partial charge is 0.338 e. The van der Waals surface area contributed by atoms with E-state index in [4.69, 9.17) is 0 Å². The summed E-state index contributed by atoms with van der Waals surface area (Å²) >= 11 is 0. The van der Waals surface area contributed by atoms with Crippen molar-refractivity contribution in [1.29, 1.82) is 0 Å². The van der Waals surface area contributed by atoms with Crippen molar-refractivity contribution in [2.24, 2.45) is 5.92 Å². The molecule has 2 aromatic heterocycles. The van der Waals surface area contributed by atoms with E-state index in [-0.39, 0.29) is 17.9 Å². The summed E-state index contributed by atoms with van der Waals surface area (Å²) in [5.74, 6) is 0.473. The van der Waals surface area contributed by atoms with Crippen molar-refractivity contribution < 1.29 is 9.59 Å². The first-order chi connectivity index (χ1) is 13.5. The number of rotatable bonds is 4. The summed E-state index contributed by atoms with van der Waals surface area (Å²) < 4.78 is 0. The standard InChI is InChI=1S/C21H27N5O2/c1-14-15(2)23-24-18(14)8-9-20(27)26-12-16-6-7-17(26)13-25(11-16)21(28)19-5-3-4-10-22-19/h3-5,10,16-17H,6-9,11-13H2,1-2H3,(H,23,24)/t16-,17+/m0/s1. The first kappa shape index (κ1) is 18.7. The SMILES string of the molecule is Cc1[nH]nc(CCC(=O)N2C[C@H]3CC[C@@H]2CN(C(=O)c2ccccn2)C3)c1C. The van der Waals surface area contributed by atoms with Crippen LogP contribution in [0.4, 0.5) is 0 Å². The molecule has 3 saturated heterocycles. The van der Waals surface area contributed by atoms with Gasteiger partial charge in [0, 0.05) is 50.4 Å². The molecule has 7 nitrogen and oxygen atoms in total. The van der Waals surface area contributed by atoms with Crippen molar-refractivity contribution in [2.75, 3.05) is 19.6 Å². The Morgan fingerprint density at radius 2 is 2.04 bits per heavy atom. The van der Waals surface area contributed by atoms with Crippen LogP contribution < -0.4 is 0 Å².